The van der Waals surface area contributed by atoms with E-state index in [1.165, 1.54) is 10.1 Å². The van der Waals surface area contributed by atoms with Crippen LogP contribution in [0.2, 0.25) is 0 Å². The predicted molar refractivity (Wildman–Crippen MR) is 60.4 cm³/mol. The number of aliphatic hydroxyl groups is 1. The zero-order valence-corrected chi connectivity index (χ0v) is 8.47. The first-order chi connectivity index (χ1) is 6.92. The molecule has 0 fully saturated rings. The monoisotopic (exact) mass is 202 g/mol. The van der Waals surface area contributed by atoms with Crippen LogP contribution in [0.5, 0.6) is 0 Å². The van der Waals surface area contributed by atoms with Gasteiger partial charge in [-0.05, 0) is 23.6 Å². The molecule has 1 aromatic carbocycles. The molecule has 1 heterocycles. The first-order valence-electron chi connectivity index (χ1n) is 4.48. The summed E-state index contributed by atoms with van der Waals surface area (Å²) in [6.45, 7) is 0.132. The summed E-state index contributed by atoms with van der Waals surface area (Å²) in [6, 6.07) is 8.21. The van der Waals surface area contributed by atoms with E-state index in [9.17, 15) is 0 Å². The molecule has 14 heavy (non-hydrogen) atoms. The Morgan fingerprint density at radius 2 is 2.21 bits per heavy atom. The van der Waals surface area contributed by atoms with Gasteiger partial charge in [0.2, 0.25) is 0 Å². The minimum absolute atomic E-state index is 0.132. The molecule has 0 aliphatic rings. The van der Waals surface area contributed by atoms with Crippen LogP contribution in [0.1, 0.15) is 12.0 Å². The molecule has 0 amide bonds. The van der Waals surface area contributed by atoms with Crippen molar-refractivity contribution in [3.8, 4) is 11.8 Å². The van der Waals surface area contributed by atoms with Gasteiger partial charge in [0.1, 0.15) is 0 Å². The van der Waals surface area contributed by atoms with E-state index >= 15 is 0 Å². The summed E-state index contributed by atoms with van der Waals surface area (Å²) in [5.74, 6) is 6.01. The Bertz CT molecular complexity index is 487. The molecular weight excluding hydrogens is 192 g/mol. The van der Waals surface area contributed by atoms with E-state index in [0.29, 0.717) is 6.42 Å². The van der Waals surface area contributed by atoms with Crippen LogP contribution in [-0.2, 0) is 0 Å². The highest BCUT2D eigenvalue weighted by Gasteiger charge is 1.97. The fraction of sp³-hybridized carbons (Fsp3) is 0.167. The number of fused-ring (bicyclic) bond motifs is 1. The topological polar surface area (TPSA) is 20.2 Å². The maximum atomic E-state index is 8.62. The van der Waals surface area contributed by atoms with Gasteiger partial charge in [0.05, 0.1) is 6.61 Å². The van der Waals surface area contributed by atoms with Crippen LogP contribution in [0.15, 0.2) is 29.6 Å². The number of rotatable bonds is 1. The molecule has 70 valence electrons. The molecule has 0 aliphatic carbocycles. The lowest BCUT2D eigenvalue weighted by Crippen LogP contribution is -1.78. The van der Waals surface area contributed by atoms with Gasteiger partial charge in [-0.1, -0.05) is 17.9 Å². The number of benzene rings is 1. The smallest absolute Gasteiger partial charge is 0.0540 e. The van der Waals surface area contributed by atoms with Crippen LogP contribution < -0.4 is 0 Å². The minimum Gasteiger partial charge on any atom is -0.395 e. The highest BCUT2D eigenvalue weighted by atomic mass is 32.1. The van der Waals surface area contributed by atoms with Crippen molar-refractivity contribution in [3.05, 3.63) is 35.2 Å². The molecule has 1 nitrogen and oxygen atoms in total. The maximum absolute atomic E-state index is 8.62. The van der Waals surface area contributed by atoms with E-state index in [1.54, 1.807) is 11.3 Å². The highest BCUT2D eigenvalue weighted by Crippen LogP contribution is 2.23. The largest absolute Gasteiger partial charge is 0.395 e. The summed E-state index contributed by atoms with van der Waals surface area (Å²) < 4.78 is 1.26. The molecule has 0 aliphatic heterocycles. The van der Waals surface area contributed by atoms with Crippen LogP contribution in [0.25, 0.3) is 10.1 Å². The molecule has 0 bridgehead atoms. The summed E-state index contributed by atoms with van der Waals surface area (Å²) >= 11 is 1.72. The number of hydrogen-bond acceptors (Lipinski definition) is 2. The molecule has 0 radical (unpaired) electrons. The fourth-order valence-electron chi connectivity index (χ4n) is 1.32. The molecule has 2 rings (SSSR count). The second kappa shape index (κ2) is 4.28. The van der Waals surface area contributed by atoms with Crippen molar-refractivity contribution in [2.24, 2.45) is 0 Å². The lowest BCUT2D eigenvalue weighted by molar-refractivity contribution is 0.305. The molecule has 0 saturated carbocycles. The third kappa shape index (κ3) is 1.79. The molecule has 1 aromatic heterocycles. The summed E-state index contributed by atoms with van der Waals surface area (Å²) in [4.78, 5) is 0. The van der Waals surface area contributed by atoms with Crippen molar-refractivity contribution in [2.45, 2.75) is 6.42 Å². The van der Waals surface area contributed by atoms with Crippen molar-refractivity contribution in [1.29, 1.82) is 0 Å². The summed E-state index contributed by atoms with van der Waals surface area (Å²) in [7, 11) is 0. The molecule has 2 heteroatoms. The molecular formula is C12H10OS. The number of hydrogen-bond donors (Lipinski definition) is 1. The average Bonchev–Trinajstić information content (AvgIpc) is 2.67. The summed E-state index contributed by atoms with van der Waals surface area (Å²) in [6.07, 6.45) is 0.542. The van der Waals surface area contributed by atoms with Gasteiger partial charge in [-0.3, -0.25) is 0 Å². The van der Waals surface area contributed by atoms with E-state index in [-0.39, 0.29) is 6.61 Å². The zero-order valence-electron chi connectivity index (χ0n) is 7.66. The highest BCUT2D eigenvalue weighted by molar-refractivity contribution is 7.17. The Morgan fingerprint density at radius 1 is 1.29 bits per heavy atom. The quantitative estimate of drug-likeness (QED) is 0.705. The molecule has 0 atom stereocenters. The maximum Gasteiger partial charge on any atom is 0.0540 e. The number of aliphatic hydroxyl groups excluding tert-OH is 1. The molecule has 1 N–H and O–H groups in total. The van der Waals surface area contributed by atoms with E-state index in [0.717, 1.165) is 5.56 Å². The summed E-state index contributed by atoms with van der Waals surface area (Å²) in [5, 5.41) is 11.9. The third-order valence-corrected chi connectivity index (χ3v) is 2.84. The van der Waals surface area contributed by atoms with Gasteiger partial charge in [0.25, 0.3) is 0 Å². The first-order valence-corrected chi connectivity index (χ1v) is 5.36. The second-order valence-corrected chi connectivity index (χ2v) is 3.86. The first kappa shape index (κ1) is 9.26. The van der Waals surface area contributed by atoms with Gasteiger partial charge in [-0.25, -0.2) is 0 Å². The second-order valence-electron chi connectivity index (χ2n) is 2.91. The Hall–Kier alpha value is -1.30. The molecule has 0 spiro atoms. The van der Waals surface area contributed by atoms with Crippen LogP contribution >= 0.6 is 11.3 Å². The van der Waals surface area contributed by atoms with Crippen LogP contribution in [0.3, 0.4) is 0 Å². The van der Waals surface area contributed by atoms with Crippen molar-refractivity contribution in [3.63, 3.8) is 0 Å². The molecule has 0 unspecified atom stereocenters. The standard InChI is InChI=1S/C12H10OS/c13-8-2-1-4-10-5-3-6-12-11(10)7-9-14-12/h3,5-7,9,13H,2,8H2. The van der Waals surface area contributed by atoms with Gasteiger partial charge in [0.15, 0.2) is 0 Å². The average molecular weight is 202 g/mol. The Kier molecular flexibility index (Phi) is 2.83. The van der Waals surface area contributed by atoms with Gasteiger partial charge >= 0.3 is 0 Å². The van der Waals surface area contributed by atoms with E-state index in [1.807, 2.05) is 12.1 Å². The van der Waals surface area contributed by atoms with E-state index in [4.69, 9.17) is 5.11 Å². The van der Waals surface area contributed by atoms with E-state index < -0.39 is 0 Å². The lowest BCUT2D eigenvalue weighted by atomic mass is 10.1. The Labute approximate surface area is 87.0 Å². The third-order valence-electron chi connectivity index (χ3n) is 1.96. The molecule has 2 aromatic rings. The molecule has 0 saturated heterocycles. The normalized spacial score (nSPS) is 9.79. The summed E-state index contributed by atoms with van der Waals surface area (Å²) in [5.41, 5.74) is 1.05. The van der Waals surface area contributed by atoms with Crippen molar-refractivity contribution < 1.29 is 5.11 Å². The van der Waals surface area contributed by atoms with Crippen LogP contribution in [-0.4, -0.2) is 11.7 Å². The van der Waals surface area contributed by atoms with E-state index in [2.05, 4.69) is 29.4 Å². The van der Waals surface area contributed by atoms with Crippen LogP contribution in [0, 0.1) is 11.8 Å². The van der Waals surface area contributed by atoms with Crippen molar-refractivity contribution >= 4 is 21.4 Å². The fourth-order valence-corrected chi connectivity index (χ4v) is 2.13. The Balaban J connectivity index is 2.43. The van der Waals surface area contributed by atoms with Gasteiger partial charge in [-0.15, -0.1) is 11.3 Å². The minimum atomic E-state index is 0.132. The van der Waals surface area contributed by atoms with Gasteiger partial charge in [-0.2, -0.15) is 0 Å². The van der Waals surface area contributed by atoms with Crippen molar-refractivity contribution in [1.82, 2.24) is 0 Å². The predicted octanol–water partition coefficient (Wildman–Crippen LogP) is 2.64. The zero-order chi connectivity index (χ0) is 9.80. The van der Waals surface area contributed by atoms with Gasteiger partial charge in [0, 0.05) is 22.1 Å². The Morgan fingerprint density at radius 3 is 3.07 bits per heavy atom. The van der Waals surface area contributed by atoms with Crippen LogP contribution in [0.4, 0.5) is 0 Å². The van der Waals surface area contributed by atoms with Gasteiger partial charge < -0.3 is 5.11 Å². The van der Waals surface area contributed by atoms with Crippen molar-refractivity contribution in [2.75, 3.05) is 6.61 Å². The lowest BCUT2D eigenvalue weighted by Gasteiger charge is -1.92. The number of thiophene rings is 1. The SMILES string of the molecule is OCCC#Cc1cccc2sccc12.